The van der Waals surface area contributed by atoms with Crippen molar-refractivity contribution >= 4 is 6.03 Å². The van der Waals surface area contributed by atoms with Gasteiger partial charge in [0.15, 0.2) is 0 Å². The molecule has 1 saturated heterocycles. The van der Waals surface area contributed by atoms with Crippen LogP contribution >= 0.6 is 0 Å². The van der Waals surface area contributed by atoms with Gasteiger partial charge in [-0.1, -0.05) is 0 Å². The van der Waals surface area contributed by atoms with E-state index in [0.717, 1.165) is 0 Å². The van der Waals surface area contributed by atoms with Crippen molar-refractivity contribution in [3.05, 3.63) is 0 Å². The summed E-state index contributed by atoms with van der Waals surface area (Å²) in [5.41, 5.74) is 0. The minimum absolute atomic E-state index is 0.0876. The number of urea groups is 1. The number of amides is 2. The number of carbonyl (C=O) groups is 1. The van der Waals surface area contributed by atoms with Crippen LogP contribution < -0.4 is 5.32 Å². The van der Waals surface area contributed by atoms with E-state index in [9.17, 15) is 9.18 Å². The average Bonchev–Trinajstić information content (AvgIpc) is 2.17. The van der Waals surface area contributed by atoms with Gasteiger partial charge in [-0.25, -0.2) is 9.18 Å². The van der Waals surface area contributed by atoms with Crippen LogP contribution in [-0.4, -0.2) is 49.4 Å². The maximum absolute atomic E-state index is 12.5. The number of ether oxygens (including phenoxy) is 1. The van der Waals surface area contributed by atoms with Gasteiger partial charge in [-0.3, -0.25) is 0 Å². The molecule has 88 valence electrons. The predicted molar refractivity (Wildman–Crippen MR) is 55.6 cm³/mol. The monoisotopic (exact) mass is 218 g/mol. The normalized spacial score (nSPS) is 23.7. The second kappa shape index (κ2) is 5.90. The molecule has 0 saturated carbocycles. The largest absolute Gasteiger partial charge is 0.375 e. The highest BCUT2D eigenvalue weighted by molar-refractivity contribution is 5.74. The Balaban J connectivity index is 2.21. The average molecular weight is 218 g/mol. The van der Waals surface area contributed by atoms with Gasteiger partial charge in [0.05, 0.1) is 18.9 Å². The van der Waals surface area contributed by atoms with Gasteiger partial charge in [-0.15, -0.1) is 0 Å². The summed E-state index contributed by atoms with van der Waals surface area (Å²) in [5.74, 6) is 0. The first kappa shape index (κ1) is 12.2. The number of alkyl halides is 1. The zero-order valence-electron chi connectivity index (χ0n) is 9.33. The fourth-order valence-electron chi connectivity index (χ4n) is 1.49. The zero-order chi connectivity index (χ0) is 11.3. The molecule has 1 fully saturated rings. The number of carbonyl (C=O) groups excluding carboxylic acids is 1. The van der Waals surface area contributed by atoms with E-state index in [1.807, 2.05) is 6.92 Å². The molecule has 5 heteroatoms. The third-order valence-electron chi connectivity index (χ3n) is 2.35. The molecule has 1 aliphatic heterocycles. The molecular formula is C10H19FN2O2. The van der Waals surface area contributed by atoms with Crippen molar-refractivity contribution in [2.45, 2.75) is 32.5 Å². The van der Waals surface area contributed by atoms with Crippen LogP contribution in [0.3, 0.4) is 0 Å². The lowest BCUT2D eigenvalue weighted by Gasteiger charge is -2.31. The minimum Gasteiger partial charge on any atom is -0.375 e. The van der Waals surface area contributed by atoms with Gasteiger partial charge < -0.3 is 15.0 Å². The summed E-state index contributed by atoms with van der Waals surface area (Å²) in [6.07, 6.45) is -0.412. The lowest BCUT2D eigenvalue weighted by Crippen LogP contribution is -2.49. The maximum atomic E-state index is 12.5. The number of hydrogen-bond acceptors (Lipinski definition) is 2. The van der Waals surface area contributed by atoms with Crippen molar-refractivity contribution in [3.63, 3.8) is 0 Å². The molecule has 15 heavy (non-hydrogen) atoms. The van der Waals surface area contributed by atoms with Crippen LogP contribution in [0.25, 0.3) is 0 Å². The number of nitrogens with zero attached hydrogens (tertiary/aromatic N) is 1. The highest BCUT2D eigenvalue weighted by Gasteiger charge is 2.20. The third kappa shape index (κ3) is 4.46. The smallest absolute Gasteiger partial charge is 0.317 e. The number of rotatable bonds is 3. The van der Waals surface area contributed by atoms with Crippen LogP contribution in [0.2, 0.25) is 0 Å². The SMILES string of the molecule is CC(F)CCNC(=O)N1CCO[C@@H](C)C1. The molecule has 2 amide bonds. The second-order valence-corrected chi connectivity index (χ2v) is 3.93. The lowest BCUT2D eigenvalue weighted by atomic mass is 10.3. The molecular weight excluding hydrogens is 199 g/mol. The van der Waals surface area contributed by atoms with E-state index in [0.29, 0.717) is 32.7 Å². The van der Waals surface area contributed by atoms with Crippen LogP contribution in [0.5, 0.6) is 0 Å². The van der Waals surface area contributed by atoms with E-state index in [4.69, 9.17) is 4.74 Å². The highest BCUT2D eigenvalue weighted by Crippen LogP contribution is 2.04. The summed E-state index contributed by atoms with van der Waals surface area (Å²) >= 11 is 0. The van der Waals surface area contributed by atoms with Crippen LogP contribution in [0.4, 0.5) is 9.18 Å². The van der Waals surface area contributed by atoms with E-state index in [-0.39, 0.29) is 12.1 Å². The van der Waals surface area contributed by atoms with E-state index < -0.39 is 6.17 Å². The van der Waals surface area contributed by atoms with Crippen LogP contribution in [0.15, 0.2) is 0 Å². The molecule has 0 aromatic carbocycles. The zero-order valence-corrected chi connectivity index (χ0v) is 9.33. The first-order chi connectivity index (χ1) is 7.09. The topological polar surface area (TPSA) is 41.6 Å². The third-order valence-corrected chi connectivity index (χ3v) is 2.35. The molecule has 4 nitrogen and oxygen atoms in total. The molecule has 1 N–H and O–H groups in total. The Morgan fingerprint density at radius 1 is 1.73 bits per heavy atom. The molecule has 0 aromatic rings. The highest BCUT2D eigenvalue weighted by atomic mass is 19.1. The van der Waals surface area contributed by atoms with Crippen molar-refractivity contribution in [2.24, 2.45) is 0 Å². The number of hydrogen-bond donors (Lipinski definition) is 1. The van der Waals surface area contributed by atoms with Crippen LogP contribution in [-0.2, 0) is 4.74 Å². The Morgan fingerprint density at radius 3 is 3.07 bits per heavy atom. The first-order valence-electron chi connectivity index (χ1n) is 5.38. The van der Waals surface area contributed by atoms with E-state index in [2.05, 4.69) is 5.32 Å². The quantitative estimate of drug-likeness (QED) is 0.772. The van der Waals surface area contributed by atoms with Gasteiger partial charge >= 0.3 is 6.03 Å². The van der Waals surface area contributed by atoms with Crippen molar-refractivity contribution in [3.8, 4) is 0 Å². The van der Waals surface area contributed by atoms with E-state index in [1.165, 1.54) is 6.92 Å². The van der Waals surface area contributed by atoms with Gasteiger partial charge in [0.1, 0.15) is 0 Å². The van der Waals surface area contributed by atoms with Crippen molar-refractivity contribution in [2.75, 3.05) is 26.2 Å². The van der Waals surface area contributed by atoms with Crippen LogP contribution in [0.1, 0.15) is 20.3 Å². The summed E-state index contributed by atoms with van der Waals surface area (Å²) in [6, 6.07) is -0.120. The molecule has 2 atom stereocenters. The molecule has 0 bridgehead atoms. The molecule has 1 unspecified atom stereocenters. The molecule has 0 aliphatic carbocycles. The first-order valence-corrected chi connectivity index (χ1v) is 5.38. The van der Waals surface area contributed by atoms with Gasteiger partial charge in [-0.2, -0.15) is 0 Å². The Labute approximate surface area is 89.8 Å². The van der Waals surface area contributed by atoms with Crippen molar-refractivity contribution in [1.82, 2.24) is 10.2 Å². The molecule has 0 aromatic heterocycles. The Hall–Kier alpha value is -0.840. The summed E-state index contributed by atoms with van der Waals surface area (Å²) in [4.78, 5) is 13.3. The Bertz CT molecular complexity index is 212. The standard InChI is InChI=1S/C10H19FN2O2/c1-8(11)3-4-12-10(14)13-5-6-15-9(2)7-13/h8-9H,3-7H2,1-2H3,(H,12,14)/t8?,9-/m0/s1. The van der Waals surface area contributed by atoms with Gasteiger partial charge in [-0.05, 0) is 20.3 Å². The van der Waals surface area contributed by atoms with Gasteiger partial charge in [0.25, 0.3) is 0 Å². The number of halogens is 1. The molecule has 0 spiro atoms. The summed E-state index contributed by atoms with van der Waals surface area (Å²) in [5, 5.41) is 2.70. The number of morpholine rings is 1. The van der Waals surface area contributed by atoms with Gasteiger partial charge in [0.2, 0.25) is 0 Å². The second-order valence-electron chi connectivity index (χ2n) is 3.93. The van der Waals surface area contributed by atoms with E-state index in [1.54, 1.807) is 4.90 Å². The van der Waals surface area contributed by atoms with Crippen molar-refractivity contribution in [1.29, 1.82) is 0 Å². The van der Waals surface area contributed by atoms with Crippen molar-refractivity contribution < 1.29 is 13.9 Å². The Kier molecular flexibility index (Phi) is 4.81. The summed E-state index contributed by atoms with van der Waals surface area (Å²) < 4.78 is 17.8. The summed E-state index contributed by atoms with van der Waals surface area (Å²) in [6.45, 7) is 5.61. The molecule has 1 aliphatic rings. The minimum atomic E-state index is -0.867. The van der Waals surface area contributed by atoms with Gasteiger partial charge in [0, 0.05) is 19.6 Å². The van der Waals surface area contributed by atoms with E-state index >= 15 is 0 Å². The predicted octanol–water partition coefficient (Wildman–Crippen LogP) is 1.16. The molecule has 0 radical (unpaired) electrons. The fraction of sp³-hybridized carbons (Fsp3) is 0.900. The fourth-order valence-corrected chi connectivity index (χ4v) is 1.49. The number of nitrogens with one attached hydrogen (secondary N) is 1. The maximum Gasteiger partial charge on any atom is 0.317 e. The lowest BCUT2D eigenvalue weighted by molar-refractivity contribution is -0.00349. The Morgan fingerprint density at radius 2 is 2.47 bits per heavy atom. The molecule has 1 heterocycles. The molecule has 1 rings (SSSR count). The van der Waals surface area contributed by atoms with Crippen LogP contribution in [0, 0.1) is 0 Å². The summed E-state index contributed by atoms with van der Waals surface area (Å²) in [7, 11) is 0.